The molecular formula is C25H19F3N2O2. The zero-order valence-corrected chi connectivity index (χ0v) is 17.2. The number of alkyl halides is 3. The summed E-state index contributed by atoms with van der Waals surface area (Å²) in [6, 6.07) is 14.2. The average Bonchev–Trinajstić information content (AvgIpc) is 3.39. The molecule has 0 bridgehead atoms. The maximum absolute atomic E-state index is 13.0. The van der Waals surface area contributed by atoms with E-state index in [0.717, 1.165) is 42.9 Å². The molecule has 0 aliphatic carbocycles. The van der Waals surface area contributed by atoms with E-state index in [1.54, 1.807) is 0 Å². The van der Waals surface area contributed by atoms with E-state index in [9.17, 15) is 18.0 Å². The number of anilines is 1. The molecule has 2 aromatic heterocycles. The van der Waals surface area contributed by atoms with E-state index in [-0.39, 0.29) is 5.54 Å². The van der Waals surface area contributed by atoms with Gasteiger partial charge in [0.15, 0.2) is 0 Å². The van der Waals surface area contributed by atoms with Crippen molar-refractivity contribution in [2.45, 2.75) is 31.5 Å². The third kappa shape index (κ3) is 2.60. The Morgan fingerprint density at radius 1 is 1.03 bits per heavy atom. The minimum absolute atomic E-state index is 0.129. The molecule has 2 aliphatic rings. The molecular weight excluding hydrogens is 417 g/mol. The first kappa shape index (κ1) is 19.2. The summed E-state index contributed by atoms with van der Waals surface area (Å²) >= 11 is 0. The number of hydrogen-bond donors (Lipinski definition) is 0. The van der Waals surface area contributed by atoms with Crippen molar-refractivity contribution in [3.05, 3.63) is 82.5 Å². The summed E-state index contributed by atoms with van der Waals surface area (Å²) in [4.78, 5) is 14.7. The van der Waals surface area contributed by atoms with Gasteiger partial charge in [0.1, 0.15) is 5.58 Å². The molecule has 0 saturated carbocycles. The van der Waals surface area contributed by atoms with Crippen LogP contribution < -0.4 is 10.5 Å². The highest BCUT2D eigenvalue weighted by atomic mass is 19.4. The van der Waals surface area contributed by atoms with Crippen LogP contribution >= 0.6 is 0 Å². The van der Waals surface area contributed by atoms with Crippen LogP contribution in [0.5, 0.6) is 0 Å². The second kappa shape index (κ2) is 6.28. The molecule has 0 amide bonds. The lowest BCUT2D eigenvalue weighted by molar-refractivity contribution is -0.137. The molecule has 7 heteroatoms. The number of nitrogens with zero attached hydrogens (tertiary/aromatic N) is 2. The second-order valence-corrected chi connectivity index (χ2v) is 8.68. The van der Waals surface area contributed by atoms with Crippen LogP contribution in [0.1, 0.15) is 31.0 Å². The minimum Gasteiger partial charge on any atom is -0.423 e. The first-order chi connectivity index (χ1) is 15.3. The van der Waals surface area contributed by atoms with Crippen molar-refractivity contribution in [1.82, 2.24) is 4.57 Å². The predicted molar refractivity (Wildman–Crippen MR) is 116 cm³/mol. The zero-order chi connectivity index (χ0) is 22.3. The highest BCUT2D eigenvalue weighted by molar-refractivity contribution is 5.97. The maximum Gasteiger partial charge on any atom is 0.416 e. The summed E-state index contributed by atoms with van der Waals surface area (Å²) in [6.07, 6.45) is -0.293. The van der Waals surface area contributed by atoms with Crippen molar-refractivity contribution in [3.8, 4) is 16.8 Å². The maximum atomic E-state index is 13.0. The predicted octanol–water partition coefficient (Wildman–Crippen LogP) is 6.10. The Morgan fingerprint density at radius 3 is 2.56 bits per heavy atom. The number of aromatic nitrogens is 1. The summed E-state index contributed by atoms with van der Waals surface area (Å²) < 4.78 is 46.7. The Hall–Kier alpha value is -3.48. The molecule has 1 fully saturated rings. The molecule has 4 nitrogen and oxygen atoms in total. The monoisotopic (exact) mass is 436 g/mol. The quantitative estimate of drug-likeness (QED) is 0.339. The Kier molecular flexibility index (Phi) is 3.77. The van der Waals surface area contributed by atoms with Crippen LogP contribution in [0.4, 0.5) is 18.9 Å². The molecule has 4 aromatic rings. The smallest absolute Gasteiger partial charge is 0.416 e. The fourth-order valence-electron chi connectivity index (χ4n) is 5.32. The van der Waals surface area contributed by atoms with Crippen LogP contribution in [-0.2, 0) is 11.7 Å². The van der Waals surface area contributed by atoms with Crippen LogP contribution in [0.2, 0.25) is 0 Å². The van der Waals surface area contributed by atoms with Crippen LogP contribution in [0.25, 0.3) is 27.8 Å². The van der Waals surface area contributed by atoms with Crippen molar-refractivity contribution in [2.24, 2.45) is 0 Å². The number of fused-ring (bicyclic) bond motifs is 7. The number of rotatable bonds is 1. The van der Waals surface area contributed by atoms with Gasteiger partial charge in [-0.05, 0) is 61.2 Å². The van der Waals surface area contributed by atoms with E-state index in [0.29, 0.717) is 22.1 Å². The van der Waals surface area contributed by atoms with E-state index in [4.69, 9.17) is 4.42 Å². The van der Waals surface area contributed by atoms with E-state index < -0.39 is 17.4 Å². The molecule has 0 radical (unpaired) electrons. The minimum atomic E-state index is -4.41. The summed E-state index contributed by atoms with van der Waals surface area (Å²) in [5, 5.41) is 0.686. The van der Waals surface area contributed by atoms with Gasteiger partial charge >= 0.3 is 11.8 Å². The van der Waals surface area contributed by atoms with Gasteiger partial charge in [-0.15, -0.1) is 0 Å². The highest BCUT2D eigenvalue weighted by Crippen LogP contribution is 2.49. The van der Waals surface area contributed by atoms with Crippen molar-refractivity contribution in [2.75, 3.05) is 11.4 Å². The van der Waals surface area contributed by atoms with Crippen LogP contribution in [0.15, 0.2) is 70.0 Å². The van der Waals surface area contributed by atoms with Crippen LogP contribution in [0.3, 0.4) is 0 Å². The summed E-state index contributed by atoms with van der Waals surface area (Å²) in [5.41, 5.74) is 3.29. The average molecular weight is 436 g/mol. The van der Waals surface area contributed by atoms with Gasteiger partial charge in [-0.2, -0.15) is 13.2 Å². The Bertz CT molecular complexity index is 1430. The lowest BCUT2D eigenvalue weighted by Crippen LogP contribution is -2.43. The van der Waals surface area contributed by atoms with Crippen LogP contribution in [0, 0.1) is 0 Å². The molecule has 2 aliphatic heterocycles. The lowest BCUT2D eigenvalue weighted by Gasteiger charge is -2.43. The molecule has 4 heterocycles. The van der Waals surface area contributed by atoms with Crippen molar-refractivity contribution < 1.29 is 17.6 Å². The van der Waals surface area contributed by atoms with Crippen molar-refractivity contribution in [1.29, 1.82) is 0 Å². The standard InChI is InChI=1S/C25H19F3N2O2/c1-24-9-3-11-30(24)20-14-21-18(12-19(20)29-10-2-4-22(24)29)17(13-23(31)32-21)15-5-7-16(8-6-15)25(26,27)28/h2,4-8,10,12-14H,3,9,11H2,1H3. The van der Waals surface area contributed by atoms with Crippen molar-refractivity contribution >= 4 is 16.7 Å². The van der Waals surface area contributed by atoms with E-state index >= 15 is 0 Å². The van der Waals surface area contributed by atoms with Gasteiger partial charge in [0.2, 0.25) is 0 Å². The van der Waals surface area contributed by atoms with Crippen molar-refractivity contribution in [3.63, 3.8) is 0 Å². The molecule has 1 atom stereocenters. The fourth-order valence-corrected chi connectivity index (χ4v) is 5.32. The molecule has 0 spiro atoms. The van der Waals surface area contributed by atoms with Gasteiger partial charge in [-0.1, -0.05) is 12.1 Å². The van der Waals surface area contributed by atoms with E-state index in [1.807, 2.05) is 24.4 Å². The Labute approximate surface area is 181 Å². The first-order valence-electron chi connectivity index (χ1n) is 10.5. The molecule has 162 valence electrons. The van der Waals surface area contributed by atoms with Gasteiger partial charge < -0.3 is 13.9 Å². The lowest BCUT2D eigenvalue weighted by atomic mass is 9.91. The van der Waals surface area contributed by atoms with E-state index in [1.165, 1.54) is 23.9 Å². The normalized spacial score (nSPS) is 19.7. The molecule has 1 unspecified atom stereocenters. The molecule has 6 rings (SSSR count). The van der Waals surface area contributed by atoms with E-state index in [2.05, 4.69) is 22.5 Å². The van der Waals surface area contributed by atoms with Gasteiger partial charge in [0, 0.05) is 36.0 Å². The molecule has 32 heavy (non-hydrogen) atoms. The summed E-state index contributed by atoms with van der Waals surface area (Å²) in [5.74, 6) is 0. The largest absolute Gasteiger partial charge is 0.423 e. The van der Waals surface area contributed by atoms with Gasteiger partial charge in [0.25, 0.3) is 0 Å². The second-order valence-electron chi connectivity index (χ2n) is 8.68. The number of hydrogen-bond acceptors (Lipinski definition) is 3. The molecule has 0 N–H and O–H groups in total. The summed E-state index contributed by atoms with van der Waals surface area (Å²) in [6.45, 7) is 3.14. The van der Waals surface area contributed by atoms with Crippen LogP contribution in [-0.4, -0.2) is 11.1 Å². The van der Waals surface area contributed by atoms with Gasteiger partial charge in [-0.25, -0.2) is 4.79 Å². The number of benzene rings is 2. The number of halogens is 3. The first-order valence-corrected chi connectivity index (χ1v) is 10.5. The Balaban J connectivity index is 1.60. The fraction of sp³-hybridized carbons (Fsp3) is 0.240. The zero-order valence-electron chi connectivity index (χ0n) is 17.2. The topological polar surface area (TPSA) is 38.4 Å². The molecule has 2 aromatic carbocycles. The van der Waals surface area contributed by atoms with Gasteiger partial charge in [0.05, 0.1) is 22.5 Å². The third-order valence-corrected chi connectivity index (χ3v) is 6.85. The van der Waals surface area contributed by atoms with Gasteiger partial charge in [-0.3, -0.25) is 0 Å². The Morgan fingerprint density at radius 2 is 1.81 bits per heavy atom. The molecule has 1 saturated heterocycles. The third-order valence-electron chi connectivity index (χ3n) is 6.85. The summed E-state index contributed by atoms with van der Waals surface area (Å²) in [7, 11) is 0. The highest BCUT2D eigenvalue weighted by Gasteiger charge is 2.44. The SMILES string of the molecule is CC12CCCN1c1cc3oc(=O)cc(-c4ccc(C(F)(F)F)cc4)c3cc1-n1cccc12.